The van der Waals surface area contributed by atoms with Crippen LogP contribution >= 0.6 is 0 Å². The first-order valence-electron chi connectivity index (χ1n) is 0.756. The minimum Gasteiger partial charge on any atom is -0.211 e. The molecule has 0 fully saturated rings. The van der Waals surface area contributed by atoms with Crippen molar-refractivity contribution in [1.82, 2.24) is 0 Å². The van der Waals surface area contributed by atoms with Crippen molar-refractivity contribution in [3.05, 3.63) is 0 Å². The Hall–Kier alpha value is -0.0631. The van der Waals surface area contributed by atoms with Gasteiger partial charge in [0.05, 0.1) is 0 Å². The number of rotatable bonds is 0. The van der Waals surface area contributed by atoms with Crippen molar-refractivity contribution in [1.29, 1.82) is 0 Å². The minimum absolute atomic E-state index is 0. The van der Waals surface area contributed by atoms with Crippen LogP contribution in [0.15, 0.2) is 0 Å². The van der Waals surface area contributed by atoms with Crippen molar-refractivity contribution in [2.24, 2.45) is 0 Å². The number of halogens is 4. The molecule has 0 nitrogen and oxygen atoms in total. The fourth-order valence-electron chi connectivity index (χ4n) is 0. The summed E-state index contributed by atoms with van der Waals surface area (Å²) in [6.07, 6.45) is 0. The van der Waals surface area contributed by atoms with Gasteiger partial charge in [-0.2, -0.15) is 0 Å². The third-order valence-electron chi connectivity index (χ3n) is 0. The van der Waals surface area contributed by atoms with Gasteiger partial charge in [0.15, 0.2) is 0 Å². The lowest BCUT2D eigenvalue weighted by molar-refractivity contribution is 0.368. The highest BCUT2D eigenvalue weighted by Crippen LogP contribution is 2.06. The van der Waals surface area contributed by atoms with E-state index in [0.29, 0.717) is 0 Å². The van der Waals surface area contributed by atoms with E-state index in [9.17, 15) is 16.4 Å². The molecule has 0 aromatic carbocycles. The zero-order valence-corrected chi connectivity index (χ0v) is 3.01. The molecule has 0 bridgehead atoms. The van der Waals surface area contributed by atoms with Crippen molar-refractivity contribution < 1.29 is 17.9 Å². The molecule has 0 saturated carbocycles. The first-order valence-corrected chi connectivity index (χ1v) is 2.27. The Labute approximate surface area is 28.6 Å². The molecular formula is HF4Si+. The molecule has 0 heterocycles. The van der Waals surface area contributed by atoms with Crippen LogP contribution in [0.2, 0.25) is 0 Å². The van der Waals surface area contributed by atoms with Gasteiger partial charge in [0, 0.05) is 0 Å². The summed E-state index contributed by atoms with van der Waals surface area (Å²) in [6, 6.07) is 0. The van der Waals surface area contributed by atoms with Gasteiger partial charge in [-0.15, -0.1) is 0 Å². The van der Waals surface area contributed by atoms with E-state index < -0.39 is 9.41 Å². The molecule has 0 aromatic heterocycles. The van der Waals surface area contributed by atoms with Gasteiger partial charge in [-0.05, 0) is 0 Å². The Morgan fingerprint density at radius 2 is 1.00 bits per heavy atom. The summed E-state index contributed by atoms with van der Waals surface area (Å²) in [5.41, 5.74) is 0. The third kappa shape index (κ3) is 3710. The van der Waals surface area contributed by atoms with Crippen LogP contribution in [-0.2, 0) is 0 Å². The molecule has 0 rings (SSSR count). The van der Waals surface area contributed by atoms with E-state index in [1.54, 1.807) is 0 Å². The average molecular weight is 105 g/mol. The Kier molecular flexibility index (Phi) is 0.951. The molecule has 5 heteroatoms. The van der Waals surface area contributed by atoms with Crippen LogP contribution in [0.25, 0.3) is 0 Å². The second kappa shape index (κ2) is 0.963. The predicted molar refractivity (Wildman–Crippen MR) is 11.3 cm³/mol. The minimum atomic E-state index is -6.61. The van der Waals surface area contributed by atoms with E-state index in [2.05, 4.69) is 0 Å². The molecule has 0 atom stereocenters. The molecule has 0 unspecified atom stereocenters. The maximum atomic E-state index is 9.83. The van der Waals surface area contributed by atoms with Crippen LogP contribution < -0.4 is 0 Å². The molecule has 0 radical (unpaired) electrons. The lowest BCUT2D eigenvalue weighted by Crippen LogP contribution is -2.02. The lowest BCUT2D eigenvalue weighted by atomic mass is 18.6. The molecule has 5 heavy (non-hydrogen) atoms. The van der Waals surface area contributed by atoms with Gasteiger partial charge in [0.25, 0.3) is 0 Å². The Morgan fingerprint density at radius 3 is 1.00 bits per heavy atom. The van der Waals surface area contributed by atoms with Gasteiger partial charge in [0.1, 0.15) is 0 Å². The molecular weight excluding hydrogens is 104 g/mol. The van der Waals surface area contributed by atoms with Crippen LogP contribution in [0.1, 0.15) is 1.43 Å². The van der Waals surface area contributed by atoms with Gasteiger partial charge in [-0.25, -0.2) is 16.4 Å². The number of hydrogen-bond acceptors (Lipinski definition) is 0. The van der Waals surface area contributed by atoms with Crippen molar-refractivity contribution in [3.8, 4) is 0 Å². The standard InChI is InChI=1S/F4Si/c1-5(2,3)4/p+1. The highest BCUT2D eigenvalue weighted by molar-refractivity contribution is 6.50. The van der Waals surface area contributed by atoms with E-state index in [4.69, 9.17) is 0 Å². The van der Waals surface area contributed by atoms with E-state index in [1.165, 1.54) is 0 Å². The van der Waals surface area contributed by atoms with E-state index >= 15 is 0 Å². The van der Waals surface area contributed by atoms with Crippen LogP contribution in [0.3, 0.4) is 0 Å². The molecule has 0 aliphatic carbocycles. The van der Waals surface area contributed by atoms with Crippen LogP contribution in [0, 0.1) is 0 Å². The Morgan fingerprint density at radius 1 is 1.00 bits per heavy atom. The third-order valence-corrected chi connectivity index (χ3v) is 0. The normalized spacial score (nSPS) is 12.0. The lowest BCUT2D eigenvalue weighted by Gasteiger charge is -1.75. The van der Waals surface area contributed by atoms with E-state index in [0.717, 1.165) is 0 Å². The monoisotopic (exact) mass is 105 g/mol. The second-order valence-electron chi connectivity index (χ2n) is 0.429. The highest BCUT2D eigenvalue weighted by atomic mass is 28.5. The molecule has 0 amide bonds. The summed E-state index contributed by atoms with van der Waals surface area (Å²) in [5, 5.41) is 0. The SMILES string of the molecule is F[Si](F)(F)F.[H+]. The maximum Gasteiger partial charge on any atom is 1.00 e. The topological polar surface area (TPSA) is 0 Å². The fraction of sp³-hybridized carbons (Fsp3) is 0. The molecule has 0 aromatic rings. The van der Waals surface area contributed by atoms with Gasteiger partial charge in [-0.1, -0.05) is 0 Å². The maximum absolute atomic E-state index is 9.83. The first-order chi connectivity index (χ1) is 2.00. The summed E-state index contributed by atoms with van der Waals surface area (Å²) in [5.74, 6) is 0. The molecule has 0 saturated heterocycles. The van der Waals surface area contributed by atoms with Crippen molar-refractivity contribution in [2.45, 2.75) is 0 Å². The highest BCUT2D eigenvalue weighted by Gasteiger charge is 2.39. The first kappa shape index (κ1) is 4.94. The van der Waals surface area contributed by atoms with Crippen molar-refractivity contribution in [2.75, 3.05) is 0 Å². The van der Waals surface area contributed by atoms with Gasteiger partial charge in [0.2, 0.25) is 0 Å². The molecule has 0 spiro atoms. The van der Waals surface area contributed by atoms with Crippen molar-refractivity contribution in [3.63, 3.8) is 0 Å². The van der Waals surface area contributed by atoms with Gasteiger partial charge < -0.3 is 0 Å². The molecule has 32 valence electrons. The van der Waals surface area contributed by atoms with Crippen LogP contribution in [0.5, 0.6) is 0 Å². The Balaban J connectivity index is 0. The fourth-order valence-corrected chi connectivity index (χ4v) is 0. The van der Waals surface area contributed by atoms with Gasteiger partial charge in [-0.3, -0.25) is 0 Å². The molecule has 0 aliphatic rings. The summed E-state index contributed by atoms with van der Waals surface area (Å²) < 4.78 is 39.3. The summed E-state index contributed by atoms with van der Waals surface area (Å²) in [6.45, 7) is 0. The quantitative estimate of drug-likeness (QED) is 0.248. The predicted octanol–water partition coefficient (Wildman–Crippen LogP) is 1.41. The van der Waals surface area contributed by atoms with E-state index in [1.807, 2.05) is 0 Å². The summed E-state index contributed by atoms with van der Waals surface area (Å²) >= 11 is 0. The smallest absolute Gasteiger partial charge is 0.211 e. The number of hydrogen-bond donors (Lipinski definition) is 0. The zero-order chi connectivity index (χ0) is 4.50. The van der Waals surface area contributed by atoms with Crippen molar-refractivity contribution >= 4 is 9.41 Å². The van der Waals surface area contributed by atoms with Gasteiger partial charge >= 0.3 is 10.8 Å². The summed E-state index contributed by atoms with van der Waals surface area (Å²) in [4.78, 5) is 0. The largest absolute Gasteiger partial charge is 1.00 e. The summed E-state index contributed by atoms with van der Waals surface area (Å²) in [7, 11) is -6.61. The molecule has 0 aliphatic heterocycles. The zero-order valence-electron chi connectivity index (χ0n) is 3.01. The van der Waals surface area contributed by atoms with E-state index in [-0.39, 0.29) is 1.43 Å². The second-order valence-corrected chi connectivity index (χ2v) is 1.29. The average Bonchev–Trinajstić information content (AvgIpc) is 0.722. The molecule has 0 N–H and O–H groups in total. The van der Waals surface area contributed by atoms with Crippen LogP contribution in [-0.4, -0.2) is 9.41 Å². The Bertz CT molecular complexity index is 23.0. The van der Waals surface area contributed by atoms with Crippen LogP contribution in [0.4, 0.5) is 16.4 Å².